The third kappa shape index (κ3) is 5.84. The molecule has 1 heterocycles. The second-order valence-electron chi connectivity index (χ2n) is 5.31. The molecule has 3 nitrogen and oxygen atoms in total. The fourth-order valence-electron chi connectivity index (χ4n) is 2.76. The van der Waals surface area contributed by atoms with Crippen LogP contribution in [-0.2, 0) is 4.74 Å². The first kappa shape index (κ1) is 14.9. The molecule has 17 heavy (non-hydrogen) atoms. The van der Waals surface area contributed by atoms with Crippen molar-refractivity contribution in [2.75, 3.05) is 39.9 Å². The quantitative estimate of drug-likeness (QED) is 0.670. The monoisotopic (exact) mass is 242 g/mol. The van der Waals surface area contributed by atoms with Crippen LogP contribution >= 0.6 is 0 Å². The molecule has 0 amide bonds. The van der Waals surface area contributed by atoms with E-state index in [9.17, 15) is 0 Å². The van der Waals surface area contributed by atoms with E-state index in [1.807, 2.05) is 0 Å². The predicted molar refractivity (Wildman–Crippen MR) is 73.4 cm³/mol. The summed E-state index contributed by atoms with van der Waals surface area (Å²) in [7, 11) is 1.80. The predicted octanol–water partition coefficient (Wildman–Crippen LogP) is 2.12. The molecule has 0 bridgehead atoms. The fourth-order valence-corrected chi connectivity index (χ4v) is 2.76. The molecule has 0 aromatic carbocycles. The summed E-state index contributed by atoms with van der Waals surface area (Å²) in [6.07, 6.45) is 5.31. The van der Waals surface area contributed by atoms with Gasteiger partial charge in [0.05, 0.1) is 6.61 Å². The van der Waals surface area contributed by atoms with E-state index in [1.165, 1.54) is 38.8 Å². The van der Waals surface area contributed by atoms with Gasteiger partial charge < -0.3 is 15.0 Å². The minimum atomic E-state index is 0.500. The van der Waals surface area contributed by atoms with Crippen LogP contribution in [0.2, 0.25) is 0 Å². The van der Waals surface area contributed by atoms with Crippen molar-refractivity contribution in [3.8, 4) is 0 Å². The molecule has 3 heteroatoms. The topological polar surface area (TPSA) is 24.5 Å². The Morgan fingerprint density at radius 1 is 1.35 bits per heavy atom. The molecule has 1 N–H and O–H groups in total. The highest BCUT2D eigenvalue weighted by atomic mass is 16.5. The van der Waals surface area contributed by atoms with Crippen LogP contribution < -0.4 is 5.32 Å². The van der Waals surface area contributed by atoms with Crippen molar-refractivity contribution in [2.45, 2.75) is 45.6 Å². The van der Waals surface area contributed by atoms with Gasteiger partial charge in [-0.3, -0.25) is 0 Å². The summed E-state index contributed by atoms with van der Waals surface area (Å²) in [5.41, 5.74) is 0. The van der Waals surface area contributed by atoms with Crippen molar-refractivity contribution < 1.29 is 4.74 Å². The summed E-state index contributed by atoms with van der Waals surface area (Å²) >= 11 is 0. The van der Waals surface area contributed by atoms with Gasteiger partial charge in [0.1, 0.15) is 0 Å². The molecule has 102 valence electrons. The van der Waals surface area contributed by atoms with Gasteiger partial charge in [-0.2, -0.15) is 0 Å². The zero-order chi connectivity index (χ0) is 12.5. The normalized spacial score (nSPS) is 23.1. The van der Waals surface area contributed by atoms with E-state index in [0.29, 0.717) is 6.04 Å². The summed E-state index contributed by atoms with van der Waals surface area (Å²) in [6, 6.07) is 0.500. The summed E-state index contributed by atoms with van der Waals surface area (Å²) in [6.45, 7) is 10.1. The van der Waals surface area contributed by atoms with E-state index in [4.69, 9.17) is 4.74 Å². The number of nitrogens with one attached hydrogen (secondary N) is 1. The number of nitrogens with zero attached hydrogens (tertiary/aromatic N) is 1. The maximum absolute atomic E-state index is 5.30. The molecule has 0 aliphatic carbocycles. The first-order valence-electron chi connectivity index (χ1n) is 7.24. The molecule has 0 aromatic rings. The fraction of sp³-hybridized carbons (Fsp3) is 1.00. The van der Waals surface area contributed by atoms with Crippen LogP contribution in [0.5, 0.6) is 0 Å². The second-order valence-corrected chi connectivity index (χ2v) is 5.31. The zero-order valence-electron chi connectivity index (χ0n) is 11.9. The van der Waals surface area contributed by atoms with Crippen LogP contribution in [0.15, 0.2) is 0 Å². The summed E-state index contributed by atoms with van der Waals surface area (Å²) in [5, 5.41) is 3.58. The van der Waals surface area contributed by atoms with Crippen LogP contribution in [-0.4, -0.2) is 50.8 Å². The Bertz CT molecular complexity index is 187. The highest BCUT2D eigenvalue weighted by Crippen LogP contribution is 2.20. The highest BCUT2D eigenvalue weighted by Gasteiger charge is 2.23. The molecule has 0 spiro atoms. The largest absolute Gasteiger partial charge is 0.383 e. The number of methoxy groups -OCH3 is 1. The van der Waals surface area contributed by atoms with Gasteiger partial charge in [0.15, 0.2) is 0 Å². The van der Waals surface area contributed by atoms with Crippen LogP contribution in [0.3, 0.4) is 0 Å². The van der Waals surface area contributed by atoms with Crippen molar-refractivity contribution in [1.82, 2.24) is 10.2 Å². The Morgan fingerprint density at radius 2 is 2.18 bits per heavy atom. The van der Waals surface area contributed by atoms with Gasteiger partial charge >= 0.3 is 0 Å². The molecule has 1 rings (SSSR count). The van der Waals surface area contributed by atoms with Gasteiger partial charge in [0, 0.05) is 26.2 Å². The third-order valence-electron chi connectivity index (χ3n) is 3.60. The Kier molecular flexibility index (Phi) is 7.82. The van der Waals surface area contributed by atoms with Gasteiger partial charge in [-0.1, -0.05) is 20.3 Å². The number of hydrogen-bond acceptors (Lipinski definition) is 3. The average molecular weight is 242 g/mol. The molecule has 0 radical (unpaired) electrons. The lowest BCUT2D eigenvalue weighted by atomic mass is 10.0. The third-order valence-corrected chi connectivity index (χ3v) is 3.60. The zero-order valence-corrected chi connectivity index (χ0v) is 11.9. The summed E-state index contributed by atoms with van der Waals surface area (Å²) in [5.74, 6) is 0.939. The SMILES string of the molecule is CCCNC(COC)CN1CCC(CCC)C1. The minimum absolute atomic E-state index is 0.500. The van der Waals surface area contributed by atoms with E-state index >= 15 is 0 Å². The molecule has 1 aliphatic rings. The van der Waals surface area contributed by atoms with Gasteiger partial charge in [-0.05, 0) is 38.3 Å². The molecule has 2 atom stereocenters. The summed E-state index contributed by atoms with van der Waals surface area (Å²) < 4.78 is 5.30. The molecular weight excluding hydrogens is 212 g/mol. The maximum Gasteiger partial charge on any atom is 0.0628 e. The minimum Gasteiger partial charge on any atom is -0.383 e. The highest BCUT2D eigenvalue weighted by molar-refractivity contribution is 4.79. The van der Waals surface area contributed by atoms with E-state index < -0.39 is 0 Å². The lowest BCUT2D eigenvalue weighted by Crippen LogP contribution is -2.43. The van der Waals surface area contributed by atoms with Crippen LogP contribution in [0.25, 0.3) is 0 Å². The number of rotatable bonds is 9. The summed E-state index contributed by atoms with van der Waals surface area (Å²) in [4.78, 5) is 2.60. The average Bonchev–Trinajstić information content (AvgIpc) is 2.74. The van der Waals surface area contributed by atoms with Crippen molar-refractivity contribution in [1.29, 1.82) is 0 Å². The Morgan fingerprint density at radius 3 is 2.82 bits per heavy atom. The van der Waals surface area contributed by atoms with Crippen molar-refractivity contribution in [2.24, 2.45) is 5.92 Å². The van der Waals surface area contributed by atoms with Gasteiger partial charge in [-0.15, -0.1) is 0 Å². The van der Waals surface area contributed by atoms with E-state index in [0.717, 1.165) is 25.6 Å². The molecule has 2 unspecified atom stereocenters. The van der Waals surface area contributed by atoms with Gasteiger partial charge in [0.25, 0.3) is 0 Å². The molecular formula is C14H30N2O. The van der Waals surface area contributed by atoms with Crippen LogP contribution in [0, 0.1) is 5.92 Å². The molecule has 1 aliphatic heterocycles. The Labute approximate surface area is 107 Å². The Hall–Kier alpha value is -0.120. The van der Waals surface area contributed by atoms with Gasteiger partial charge in [0.2, 0.25) is 0 Å². The van der Waals surface area contributed by atoms with E-state index in [2.05, 4.69) is 24.1 Å². The molecule has 1 saturated heterocycles. The Balaban J connectivity index is 2.24. The lowest BCUT2D eigenvalue weighted by Gasteiger charge is -2.24. The smallest absolute Gasteiger partial charge is 0.0628 e. The first-order chi connectivity index (χ1) is 8.30. The molecule has 0 aromatic heterocycles. The number of hydrogen-bond donors (Lipinski definition) is 1. The standard InChI is InChI=1S/C14H30N2O/c1-4-6-13-7-9-16(10-13)11-14(12-17-3)15-8-5-2/h13-15H,4-12H2,1-3H3. The van der Waals surface area contributed by atoms with Gasteiger partial charge in [-0.25, -0.2) is 0 Å². The van der Waals surface area contributed by atoms with Crippen molar-refractivity contribution >= 4 is 0 Å². The van der Waals surface area contributed by atoms with E-state index in [1.54, 1.807) is 7.11 Å². The molecule has 0 saturated carbocycles. The van der Waals surface area contributed by atoms with Crippen LogP contribution in [0.1, 0.15) is 39.5 Å². The van der Waals surface area contributed by atoms with Crippen molar-refractivity contribution in [3.05, 3.63) is 0 Å². The second kappa shape index (κ2) is 8.90. The lowest BCUT2D eigenvalue weighted by molar-refractivity contribution is 0.144. The van der Waals surface area contributed by atoms with Crippen molar-refractivity contribution in [3.63, 3.8) is 0 Å². The first-order valence-corrected chi connectivity index (χ1v) is 7.24. The maximum atomic E-state index is 5.30. The molecule has 1 fully saturated rings. The van der Waals surface area contributed by atoms with E-state index in [-0.39, 0.29) is 0 Å². The number of likely N-dealkylation sites (tertiary alicyclic amines) is 1. The van der Waals surface area contributed by atoms with Crippen LogP contribution in [0.4, 0.5) is 0 Å². The number of ether oxygens (including phenoxy) is 1.